The average molecular weight is 659 g/mol. The van der Waals surface area contributed by atoms with Gasteiger partial charge in [-0.25, -0.2) is 10.3 Å². The first-order valence-corrected chi connectivity index (χ1v) is 14.7. The van der Waals surface area contributed by atoms with E-state index in [-0.39, 0.29) is 18.4 Å². The number of hydrogen-bond donors (Lipinski definition) is 4. The second-order valence-electron chi connectivity index (χ2n) is 10.2. The van der Waals surface area contributed by atoms with Gasteiger partial charge in [-0.15, -0.1) is 11.3 Å². The predicted molar refractivity (Wildman–Crippen MR) is 160 cm³/mol. The number of para-hydroxylation sites is 1. The molecule has 11 nitrogen and oxygen atoms in total. The van der Waals surface area contributed by atoms with Crippen molar-refractivity contribution in [2.45, 2.75) is 32.2 Å². The van der Waals surface area contributed by atoms with Crippen molar-refractivity contribution in [1.29, 1.82) is 0 Å². The molecule has 0 bridgehead atoms. The second kappa shape index (κ2) is 14.8. The minimum Gasteiger partial charge on any atom is -0.489 e. The minimum atomic E-state index is -5.08. The second-order valence-corrected chi connectivity index (χ2v) is 11.2. The zero-order valence-electron chi connectivity index (χ0n) is 24.3. The van der Waals surface area contributed by atoms with E-state index in [2.05, 4.69) is 10.3 Å². The molecule has 0 unspecified atom stereocenters. The molecule has 1 aliphatic rings. The molecule has 2 aromatic carbocycles. The van der Waals surface area contributed by atoms with E-state index < -0.39 is 30.0 Å². The highest BCUT2D eigenvalue weighted by atomic mass is 32.1. The number of thiophene rings is 1. The van der Waals surface area contributed by atoms with Crippen LogP contribution in [0.2, 0.25) is 0 Å². The topological polar surface area (TPSA) is 158 Å². The van der Waals surface area contributed by atoms with Crippen LogP contribution in [0.1, 0.15) is 37.7 Å². The third-order valence-electron chi connectivity index (χ3n) is 7.08. The summed E-state index contributed by atoms with van der Waals surface area (Å²) in [5, 5.41) is 22.1. The third-order valence-corrected chi connectivity index (χ3v) is 7.94. The first kappa shape index (κ1) is 33.9. The third kappa shape index (κ3) is 8.57. The van der Waals surface area contributed by atoms with Crippen LogP contribution in [0.5, 0.6) is 5.75 Å². The van der Waals surface area contributed by atoms with Gasteiger partial charge in [0.25, 0.3) is 11.8 Å². The van der Waals surface area contributed by atoms with Gasteiger partial charge in [-0.1, -0.05) is 24.3 Å². The van der Waals surface area contributed by atoms with Crippen LogP contribution in [-0.2, 0) is 16.2 Å². The number of carboxylic acid groups (broad SMARTS) is 1. The molecule has 4 N–H and O–H groups in total. The number of piperidine rings is 1. The lowest BCUT2D eigenvalue weighted by molar-refractivity contribution is -0.192. The highest BCUT2D eigenvalue weighted by Gasteiger charge is 2.38. The number of pyridine rings is 1. The molecular formula is C31H29F3N4O7S. The summed E-state index contributed by atoms with van der Waals surface area (Å²) in [6.45, 7) is 2.80. The Kier molecular flexibility index (Phi) is 10.9. The van der Waals surface area contributed by atoms with Gasteiger partial charge in [-0.05, 0) is 61.2 Å². The fourth-order valence-corrected chi connectivity index (χ4v) is 5.56. The van der Waals surface area contributed by atoms with Crippen LogP contribution in [0.15, 0.2) is 72.1 Å². The molecule has 2 aromatic heterocycles. The number of carboxylic acids is 1. The summed E-state index contributed by atoms with van der Waals surface area (Å²) >= 11 is 1.34. The number of ether oxygens (including phenoxy) is 1. The molecular weight excluding hydrogens is 629 g/mol. The van der Waals surface area contributed by atoms with Crippen LogP contribution in [0.3, 0.4) is 0 Å². The number of alkyl halides is 3. The highest BCUT2D eigenvalue weighted by molar-refractivity contribution is 7.12. The molecule has 0 radical (unpaired) electrons. The van der Waals surface area contributed by atoms with Crippen LogP contribution >= 0.6 is 11.3 Å². The van der Waals surface area contributed by atoms with Crippen molar-refractivity contribution >= 4 is 45.9 Å². The van der Waals surface area contributed by atoms with Gasteiger partial charge in [0.05, 0.1) is 22.4 Å². The Morgan fingerprint density at radius 1 is 1.07 bits per heavy atom. The van der Waals surface area contributed by atoms with Crippen molar-refractivity contribution < 1.29 is 47.4 Å². The van der Waals surface area contributed by atoms with Gasteiger partial charge in [0.15, 0.2) is 0 Å². The quantitative estimate of drug-likeness (QED) is 0.166. The van der Waals surface area contributed by atoms with Gasteiger partial charge in [0.1, 0.15) is 12.4 Å². The molecule has 242 valence electrons. The van der Waals surface area contributed by atoms with Gasteiger partial charge in [0, 0.05) is 35.3 Å². The molecule has 3 amide bonds. The van der Waals surface area contributed by atoms with Crippen LogP contribution < -0.4 is 15.5 Å². The van der Waals surface area contributed by atoms with Gasteiger partial charge in [-0.2, -0.15) is 13.2 Å². The maximum absolute atomic E-state index is 13.1. The van der Waals surface area contributed by atoms with Gasteiger partial charge in [0.2, 0.25) is 5.91 Å². The van der Waals surface area contributed by atoms with Gasteiger partial charge < -0.3 is 20.1 Å². The number of hydroxylamine groups is 1. The Morgan fingerprint density at radius 2 is 1.76 bits per heavy atom. The SMILES string of the molecule is Cc1cc(COc2ccc(C(=O)N[C@@H]3CN(C(=O)c4cccs4)CC[C@@H]3C(=O)NO)cc2)c2ccccc2n1.O=C(O)C(F)(F)F. The maximum Gasteiger partial charge on any atom is 0.490 e. The number of nitrogens with one attached hydrogen (secondary N) is 2. The normalized spacial score (nSPS) is 16.2. The molecule has 1 saturated heterocycles. The maximum atomic E-state index is 13.1. The van der Waals surface area contributed by atoms with Crippen molar-refractivity contribution in [1.82, 2.24) is 20.7 Å². The number of nitrogens with zero attached hydrogens (tertiary/aromatic N) is 2. The van der Waals surface area contributed by atoms with Gasteiger partial charge >= 0.3 is 12.1 Å². The molecule has 3 heterocycles. The Morgan fingerprint density at radius 3 is 2.39 bits per heavy atom. The molecule has 2 atom stereocenters. The van der Waals surface area contributed by atoms with E-state index >= 15 is 0 Å². The Hall–Kier alpha value is -5.02. The number of aliphatic carboxylic acids is 1. The van der Waals surface area contributed by atoms with Crippen LogP contribution in [0.25, 0.3) is 10.9 Å². The minimum absolute atomic E-state index is 0.147. The van der Waals surface area contributed by atoms with E-state index in [0.717, 1.165) is 22.2 Å². The summed E-state index contributed by atoms with van der Waals surface area (Å²) in [6.07, 6.45) is -4.77. The highest BCUT2D eigenvalue weighted by Crippen LogP contribution is 2.24. The number of amides is 3. The Balaban J connectivity index is 0.000000617. The van der Waals surface area contributed by atoms with E-state index in [1.807, 2.05) is 42.6 Å². The summed E-state index contributed by atoms with van der Waals surface area (Å²) in [5.74, 6) is -3.95. The molecule has 0 spiro atoms. The zero-order chi connectivity index (χ0) is 33.4. The summed E-state index contributed by atoms with van der Waals surface area (Å²) in [6, 6.07) is 19.5. The van der Waals surface area contributed by atoms with Crippen molar-refractivity contribution in [2.24, 2.45) is 5.92 Å². The number of carbonyl (C=O) groups excluding carboxylic acids is 3. The van der Waals surface area contributed by atoms with E-state index in [0.29, 0.717) is 35.8 Å². The first-order chi connectivity index (χ1) is 21.9. The molecule has 4 aromatic rings. The first-order valence-electron chi connectivity index (χ1n) is 13.8. The number of carbonyl (C=O) groups is 4. The number of aryl methyl sites for hydroxylation is 1. The van der Waals surface area contributed by atoms with E-state index in [9.17, 15) is 32.8 Å². The average Bonchev–Trinajstić information content (AvgIpc) is 3.58. The molecule has 46 heavy (non-hydrogen) atoms. The van der Waals surface area contributed by atoms with Crippen molar-refractivity contribution in [3.63, 3.8) is 0 Å². The fourth-order valence-electron chi connectivity index (χ4n) is 4.87. The molecule has 5 rings (SSSR count). The smallest absolute Gasteiger partial charge is 0.489 e. The number of rotatable bonds is 7. The van der Waals surface area contributed by atoms with Crippen molar-refractivity contribution in [3.8, 4) is 5.75 Å². The van der Waals surface area contributed by atoms with Crippen LogP contribution in [0, 0.1) is 12.8 Å². The summed E-state index contributed by atoms with van der Waals surface area (Å²) in [5.41, 5.74) is 4.91. The fraction of sp³-hybridized carbons (Fsp3) is 0.258. The molecule has 0 aliphatic carbocycles. The number of benzene rings is 2. The lowest BCUT2D eigenvalue weighted by atomic mass is 9.90. The lowest BCUT2D eigenvalue weighted by Gasteiger charge is -2.37. The largest absolute Gasteiger partial charge is 0.490 e. The predicted octanol–water partition coefficient (Wildman–Crippen LogP) is 4.58. The van der Waals surface area contributed by atoms with Crippen LogP contribution in [-0.4, -0.2) is 69.2 Å². The summed E-state index contributed by atoms with van der Waals surface area (Å²) < 4.78 is 37.7. The molecule has 0 saturated carbocycles. The molecule has 1 fully saturated rings. The number of halogens is 3. The zero-order valence-corrected chi connectivity index (χ0v) is 25.1. The Labute approximate surface area is 264 Å². The number of hydrogen-bond acceptors (Lipinski definition) is 8. The molecule has 15 heteroatoms. The monoisotopic (exact) mass is 658 g/mol. The van der Waals surface area contributed by atoms with Crippen molar-refractivity contribution in [3.05, 3.63) is 93.8 Å². The summed E-state index contributed by atoms with van der Waals surface area (Å²) in [4.78, 5) is 53.9. The van der Waals surface area contributed by atoms with E-state index in [1.54, 1.807) is 46.8 Å². The molecule has 1 aliphatic heterocycles. The number of aromatic nitrogens is 1. The summed E-state index contributed by atoms with van der Waals surface area (Å²) in [7, 11) is 0. The Bertz CT molecular complexity index is 1700. The van der Waals surface area contributed by atoms with E-state index in [4.69, 9.17) is 14.6 Å². The number of likely N-dealkylation sites (tertiary alicyclic amines) is 1. The van der Waals surface area contributed by atoms with Crippen LogP contribution in [0.4, 0.5) is 13.2 Å². The van der Waals surface area contributed by atoms with Gasteiger partial charge in [-0.3, -0.25) is 24.6 Å². The van der Waals surface area contributed by atoms with E-state index in [1.165, 1.54) is 11.3 Å². The van der Waals surface area contributed by atoms with Crippen molar-refractivity contribution in [2.75, 3.05) is 13.1 Å². The standard InChI is InChI=1S/C29H28N4O5S.C2HF3O2/c1-18-15-20(22-5-2-3-6-24(22)30-18)17-38-21-10-8-19(9-11-21)27(34)31-25-16-33(13-12-23(25)28(35)32-37)29(36)26-7-4-14-39-26;3-2(4,5)1(6)7/h2-11,14-15,23,25,37H,12-13,16-17H2,1H3,(H,31,34)(H,32,35);(H,6,7)/t23-,25+;/m0./s1. The lowest BCUT2D eigenvalue weighted by Crippen LogP contribution is -2.57. The number of fused-ring (bicyclic) bond motifs is 1.